The molecule has 21 heavy (non-hydrogen) atoms. The Morgan fingerprint density at radius 1 is 1.00 bits per heavy atom. The molecule has 112 valence electrons. The summed E-state index contributed by atoms with van der Waals surface area (Å²) >= 11 is 0. The van der Waals surface area contributed by atoms with E-state index in [-0.39, 0.29) is 0 Å². The zero-order valence-electron chi connectivity index (χ0n) is 13.5. The topological polar surface area (TPSA) is 15.3 Å². The SMILES string of the molecule is CNC(c1ccccc1)C(C)CN(C)c1ccc(C)cc1. The molecule has 2 aromatic carbocycles. The molecular formula is C19H26N2. The first kappa shape index (κ1) is 15.6. The predicted octanol–water partition coefficient (Wildman–Crippen LogP) is 4.03. The van der Waals surface area contributed by atoms with Gasteiger partial charge in [0.05, 0.1) is 0 Å². The predicted molar refractivity (Wildman–Crippen MR) is 91.9 cm³/mol. The summed E-state index contributed by atoms with van der Waals surface area (Å²) in [7, 11) is 4.21. The fourth-order valence-corrected chi connectivity index (χ4v) is 2.88. The smallest absolute Gasteiger partial charge is 0.0363 e. The monoisotopic (exact) mass is 282 g/mol. The molecule has 2 nitrogen and oxygen atoms in total. The fraction of sp³-hybridized carbons (Fsp3) is 0.368. The highest BCUT2D eigenvalue weighted by molar-refractivity contribution is 5.46. The maximum atomic E-state index is 3.46. The molecule has 0 aliphatic rings. The van der Waals surface area contributed by atoms with E-state index in [9.17, 15) is 0 Å². The van der Waals surface area contributed by atoms with E-state index in [1.54, 1.807) is 0 Å². The van der Waals surface area contributed by atoms with Gasteiger partial charge in [-0.2, -0.15) is 0 Å². The molecule has 2 unspecified atom stereocenters. The summed E-state index contributed by atoms with van der Waals surface area (Å²) in [6.45, 7) is 5.45. The number of nitrogens with zero attached hydrogens (tertiary/aromatic N) is 1. The third-order valence-corrected chi connectivity index (χ3v) is 4.08. The van der Waals surface area contributed by atoms with Crippen LogP contribution in [-0.4, -0.2) is 20.6 Å². The Balaban J connectivity index is 2.05. The van der Waals surface area contributed by atoms with Crippen LogP contribution in [0.15, 0.2) is 54.6 Å². The molecule has 0 aromatic heterocycles. The van der Waals surface area contributed by atoms with Gasteiger partial charge < -0.3 is 10.2 Å². The lowest BCUT2D eigenvalue weighted by Gasteiger charge is -2.29. The lowest BCUT2D eigenvalue weighted by Crippen LogP contribution is -2.32. The first-order valence-corrected chi connectivity index (χ1v) is 7.62. The molecule has 0 saturated heterocycles. The van der Waals surface area contributed by atoms with Crippen molar-refractivity contribution in [3.8, 4) is 0 Å². The van der Waals surface area contributed by atoms with E-state index in [1.165, 1.54) is 16.8 Å². The Bertz CT molecular complexity index is 533. The highest BCUT2D eigenvalue weighted by Crippen LogP contribution is 2.24. The highest BCUT2D eigenvalue weighted by atomic mass is 15.1. The molecule has 0 fully saturated rings. The standard InChI is InChI=1S/C19H26N2/c1-15-10-12-18(13-11-15)21(4)14-16(2)19(20-3)17-8-6-5-7-9-17/h5-13,16,19-20H,14H2,1-4H3. The first-order chi connectivity index (χ1) is 10.1. The van der Waals surface area contributed by atoms with Crippen LogP contribution < -0.4 is 10.2 Å². The van der Waals surface area contributed by atoms with Crippen molar-refractivity contribution in [3.05, 3.63) is 65.7 Å². The van der Waals surface area contributed by atoms with Gasteiger partial charge in [0, 0.05) is 25.3 Å². The zero-order valence-corrected chi connectivity index (χ0v) is 13.5. The summed E-state index contributed by atoms with van der Waals surface area (Å²) in [5.74, 6) is 0.517. The van der Waals surface area contributed by atoms with Gasteiger partial charge in [-0.25, -0.2) is 0 Å². The summed E-state index contributed by atoms with van der Waals surface area (Å²) in [5.41, 5.74) is 3.93. The van der Waals surface area contributed by atoms with Crippen LogP contribution in [0.4, 0.5) is 5.69 Å². The Labute approximate surface area is 128 Å². The van der Waals surface area contributed by atoms with Crippen LogP contribution in [0.25, 0.3) is 0 Å². The maximum Gasteiger partial charge on any atom is 0.0363 e. The largest absolute Gasteiger partial charge is 0.374 e. The minimum absolute atomic E-state index is 0.374. The van der Waals surface area contributed by atoms with Gasteiger partial charge in [0.15, 0.2) is 0 Å². The van der Waals surface area contributed by atoms with Gasteiger partial charge >= 0.3 is 0 Å². The van der Waals surface area contributed by atoms with E-state index in [0.29, 0.717) is 12.0 Å². The summed E-state index contributed by atoms with van der Waals surface area (Å²) in [6.07, 6.45) is 0. The van der Waals surface area contributed by atoms with Crippen LogP contribution in [-0.2, 0) is 0 Å². The number of rotatable bonds is 6. The van der Waals surface area contributed by atoms with E-state index < -0.39 is 0 Å². The maximum absolute atomic E-state index is 3.46. The summed E-state index contributed by atoms with van der Waals surface area (Å²) in [5, 5.41) is 3.46. The molecular weight excluding hydrogens is 256 g/mol. The zero-order chi connectivity index (χ0) is 15.2. The summed E-state index contributed by atoms with van der Waals surface area (Å²) < 4.78 is 0. The van der Waals surface area contributed by atoms with Crippen LogP contribution in [0.3, 0.4) is 0 Å². The number of aryl methyl sites for hydroxylation is 1. The second-order valence-corrected chi connectivity index (χ2v) is 5.87. The van der Waals surface area contributed by atoms with Crippen molar-refractivity contribution < 1.29 is 0 Å². The quantitative estimate of drug-likeness (QED) is 0.860. The number of hydrogen-bond acceptors (Lipinski definition) is 2. The van der Waals surface area contributed by atoms with Crippen LogP contribution >= 0.6 is 0 Å². The number of nitrogens with one attached hydrogen (secondary N) is 1. The minimum Gasteiger partial charge on any atom is -0.374 e. The van der Waals surface area contributed by atoms with Gasteiger partial charge in [-0.3, -0.25) is 0 Å². The lowest BCUT2D eigenvalue weighted by molar-refractivity contribution is 0.414. The average Bonchev–Trinajstić information content (AvgIpc) is 2.49. The molecule has 2 atom stereocenters. The number of anilines is 1. The minimum atomic E-state index is 0.374. The van der Waals surface area contributed by atoms with E-state index in [0.717, 1.165) is 6.54 Å². The number of hydrogen-bond donors (Lipinski definition) is 1. The van der Waals surface area contributed by atoms with E-state index >= 15 is 0 Å². The third kappa shape index (κ3) is 4.08. The fourth-order valence-electron chi connectivity index (χ4n) is 2.88. The van der Waals surface area contributed by atoms with E-state index in [1.807, 2.05) is 7.05 Å². The van der Waals surface area contributed by atoms with Gasteiger partial charge in [0.2, 0.25) is 0 Å². The molecule has 2 aromatic rings. The highest BCUT2D eigenvalue weighted by Gasteiger charge is 2.19. The molecule has 0 saturated carbocycles. The second kappa shape index (κ2) is 7.28. The van der Waals surface area contributed by atoms with Crippen molar-refractivity contribution in [1.29, 1.82) is 0 Å². The molecule has 1 N–H and O–H groups in total. The van der Waals surface area contributed by atoms with Gasteiger partial charge in [-0.15, -0.1) is 0 Å². The van der Waals surface area contributed by atoms with Crippen molar-refractivity contribution >= 4 is 5.69 Å². The molecule has 2 heteroatoms. The Morgan fingerprint density at radius 2 is 1.62 bits per heavy atom. The Kier molecular flexibility index (Phi) is 5.40. The van der Waals surface area contributed by atoms with Gasteiger partial charge in [-0.1, -0.05) is 55.0 Å². The second-order valence-electron chi connectivity index (χ2n) is 5.87. The van der Waals surface area contributed by atoms with Crippen LogP contribution in [0.5, 0.6) is 0 Å². The third-order valence-electron chi connectivity index (χ3n) is 4.08. The van der Waals surface area contributed by atoms with Gasteiger partial charge in [0.1, 0.15) is 0 Å². The van der Waals surface area contributed by atoms with Crippen molar-refractivity contribution in [3.63, 3.8) is 0 Å². The van der Waals surface area contributed by atoms with E-state index in [2.05, 4.69) is 85.7 Å². The molecule has 0 aliphatic carbocycles. The molecule has 0 amide bonds. The van der Waals surface area contributed by atoms with Crippen molar-refractivity contribution in [2.45, 2.75) is 19.9 Å². The lowest BCUT2D eigenvalue weighted by atomic mass is 9.94. The molecule has 2 rings (SSSR count). The van der Waals surface area contributed by atoms with Crippen molar-refractivity contribution in [1.82, 2.24) is 5.32 Å². The van der Waals surface area contributed by atoms with Crippen LogP contribution in [0.2, 0.25) is 0 Å². The first-order valence-electron chi connectivity index (χ1n) is 7.62. The summed E-state index contributed by atoms with van der Waals surface area (Å²) in [4.78, 5) is 2.33. The van der Waals surface area contributed by atoms with E-state index in [4.69, 9.17) is 0 Å². The Hall–Kier alpha value is -1.80. The van der Waals surface area contributed by atoms with Crippen molar-refractivity contribution in [2.75, 3.05) is 25.5 Å². The van der Waals surface area contributed by atoms with Gasteiger partial charge in [-0.05, 0) is 37.6 Å². The van der Waals surface area contributed by atoms with Gasteiger partial charge in [0.25, 0.3) is 0 Å². The van der Waals surface area contributed by atoms with Crippen molar-refractivity contribution in [2.24, 2.45) is 5.92 Å². The Morgan fingerprint density at radius 3 is 2.19 bits per heavy atom. The molecule has 0 spiro atoms. The molecule has 0 bridgehead atoms. The molecule has 0 aliphatic heterocycles. The normalized spacial score (nSPS) is 13.7. The average molecular weight is 282 g/mol. The number of benzene rings is 2. The van der Waals surface area contributed by atoms with Crippen LogP contribution in [0.1, 0.15) is 24.1 Å². The van der Waals surface area contributed by atoms with Crippen LogP contribution in [0, 0.1) is 12.8 Å². The molecule has 0 radical (unpaired) electrons. The summed E-state index contributed by atoms with van der Waals surface area (Å²) in [6, 6.07) is 19.8. The molecule has 0 heterocycles.